The third-order valence-corrected chi connectivity index (χ3v) is 6.48. The summed E-state index contributed by atoms with van der Waals surface area (Å²) in [4.78, 5) is 4.33. The monoisotopic (exact) mass is 407 g/mol. The van der Waals surface area contributed by atoms with Gasteiger partial charge in [0.05, 0.1) is 28.5 Å². The zero-order chi connectivity index (χ0) is 21.5. The summed E-state index contributed by atoms with van der Waals surface area (Å²) in [5.41, 5.74) is 2.15. The van der Waals surface area contributed by atoms with Crippen molar-refractivity contribution in [2.24, 2.45) is 0 Å². The molecule has 2 aromatic carbocycles. The van der Waals surface area contributed by atoms with Crippen LogP contribution in [-0.4, -0.2) is 44.5 Å². The fourth-order valence-corrected chi connectivity index (χ4v) is 3.86. The molecule has 0 N–H and O–H groups in total. The van der Waals surface area contributed by atoms with Crippen LogP contribution in [0.4, 0.5) is 15.8 Å². The number of benzene rings is 2. The number of nitriles is 1. The molecule has 0 spiro atoms. The maximum absolute atomic E-state index is 15.0. The number of rotatable bonds is 3. The lowest BCUT2D eigenvalue weighted by Gasteiger charge is -2.37. The van der Waals surface area contributed by atoms with Crippen molar-refractivity contribution in [1.82, 2.24) is 0 Å². The van der Waals surface area contributed by atoms with Crippen LogP contribution >= 0.6 is 0 Å². The number of hydrogen-bond donors (Lipinski definition) is 0. The van der Waals surface area contributed by atoms with Gasteiger partial charge in [-0.15, -0.1) is 0 Å². The van der Waals surface area contributed by atoms with Crippen LogP contribution in [0.5, 0.6) is 0 Å². The first-order valence-electron chi connectivity index (χ1n) is 10.4. The van der Waals surface area contributed by atoms with E-state index in [9.17, 15) is 4.39 Å². The highest BCUT2D eigenvalue weighted by molar-refractivity contribution is 6.62. The van der Waals surface area contributed by atoms with E-state index in [1.54, 1.807) is 0 Å². The lowest BCUT2D eigenvalue weighted by atomic mass is 9.79. The van der Waals surface area contributed by atoms with E-state index >= 15 is 0 Å². The Morgan fingerprint density at radius 3 is 2.00 bits per heavy atom. The Morgan fingerprint density at radius 2 is 1.47 bits per heavy atom. The maximum Gasteiger partial charge on any atom is 0.494 e. The van der Waals surface area contributed by atoms with Gasteiger partial charge in [0.2, 0.25) is 0 Å². The summed E-state index contributed by atoms with van der Waals surface area (Å²) < 4.78 is 27.1. The molecule has 0 radical (unpaired) electrons. The van der Waals surface area contributed by atoms with Crippen molar-refractivity contribution in [2.45, 2.75) is 38.9 Å². The molecule has 7 heteroatoms. The maximum atomic E-state index is 15.0. The van der Waals surface area contributed by atoms with E-state index in [0.717, 1.165) is 31.9 Å². The molecule has 2 aliphatic heterocycles. The zero-order valence-electron chi connectivity index (χ0n) is 18.0. The van der Waals surface area contributed by atoms with E-state index in [2.05, 4.69) is 15.9 Å². The van der Waals surface area contributed by atoms with Crippen molar-refractivity contribution < 1.29 is 13.7 Å². The number of halogens is 1. The molecule has 0 aliphatic carbocycles. The van der Waals surface area contributed by atoms with Crippen LogP contribution in [0.2, 0.25) is 0 Å². The van der Waals surface area contributed by atoms with E-state index in [1.807, 2.05) is 64.1 Å². The van der Waals surface area contributed by atoms with Crippen molar-refractivity contribution in [3.63, 3.8) is 0 Å². The van der Waals surface area contributed by atoms with Gasteiger partial charge >= 0.3 is 7.12 Å². The van der Waals surface area contributed by atoms with Crippen LogP contribution in [-0.2, 0) is 9.31 Å². The molecular weight excluding hydrogens is 380 g/mol. The molecule has 0 amide bonds. The molecule has 4 rings (SSSR count). The van der Waals surface area contributed by atoms with Gasteiger partial charge in [-0.1, -0.05) is 6.07 Å². The Kier molecular flexibility index (Phi) is 5.25. The minimum Gasteiger partial charge on any atom is -0.399 e. The Morgan fingerprint density at radius 1 is 0.900 bits per heavy atom. The molecule has 5 nitrogen and oxygen atoms in total. The van der Waals surface area contributed by atoms with Gasteiger partial charge in [0, 0.05) is 31.9 Å². The summed E-state index contributed by atoms with van der Waals surface area (Å²) in [7, 11) is -0.563. The Labute approximate surface area is 178 Å². The quantitative estimate of drug-likeness (QED) is 0.731. The Hall–Kier alpha value is -2.56. The lowest BCUT2D eigenvalue weighted by molar-refractivity contribution is 0.00578. The largest absolute Gasteiger partial charge is 0.494 e. The van der Waals surface area contributed by atoms with Gasteiger partial charge in [-0.25, -0.2) is 4.39 Å². The van der Waals surface area contributed by atoms with Crippen molar-refractivity contribution >= 4 is 24.0 Å². The normalized spacial score (nSPS) is 20.3. The van der Waals surface area contributed by atoms with E-state index < -0.39 is 18.3 Å². The molecule has 2 heterocycles. The minimum atomic E-state index is -0.563. The van der Waals surface area contributed by atoms with Gasteiger partial charge in [0.15, 0.2) is 0 Å². The van der Waals surface area contributed by atoms with Crippen molar-refractivity contribution in [1.29, 1.82) is 5.26 Å². The molecule has 2 aromatic rings. The SMILES string of the molecule is CC1(C)OB(c2ccc(N3CCN(c4ccc(C#N)cc4)CC3)c(F)c2)OC1(C)C. The van der Waals surface area contributed by atoms with E-state index in [4.69, 9.17) is 14.6 Å². The second-order valence-corrected chi connectivity index (χ2v) is 8.93. The first-order chi connectivity index (χ1) is 14.2. The van der Waals surface area contributed by atoms with E-state index in [-0.39, 0.29) is 5.82 Å². The summed E-state index contributed by atoms with van der Waals surface area (Å²) >= 11 is 0. The first-order valence-corrected chi connectivity index (χ1v) is 10.4. The van der Waals surface area contributed by atoms with Gasteiger partial charge in [0.1, 0.15) is 5.82 Å². The second kappa shape index (κ2) is 7.61. The number of hydrogen-bond acceptors (Lipinski definition) is 5. The van der Waals surface area contributed by atoms with Crippen LogP contribution in [0.3, 0.4) is 0 Å². The molecule has 2 saturated heterocycles. The standard InChI is InChI=1S/C23H27BFN3O2/c1-22(2)23(3,4)30-24(29-22)18-7-10-21(20(25)15-18)28-13-11-27(12-14-28)19-8-5-17(16-26)6-9-19/h5-10,15H,11-14H2,1-4H3. The third-order valence-electron chi connectivity index (χ3n) is 6.48. The van der Waals surface area contributed by atoms with Crippen LogP contribution in [0.25, 0.3) is 0 Å². The Bertz CT molecular complexity index is 947. The lowest BCUT2D eigenvalue weighted by Crippen LogP contribution is -2.47. The summed E-state index contributed by atoms with van der Waals surface area (Å²) in [6.07, 6.45) is 0. The predicted octanol–water partition coefficient (Wildman–Crippen LogP) is 3.32. The van der Waals surface area contributed by atoms with Crippen molar-refractivity contribution in [3.05, 3.63) is 53.8 Å². The van der Waals surface area contributed by atoms with Gasteiger partial charge in [-0.3, -0.25) is 0 Å². The van der Waals surface area contributed by atoms with Crippen LogP contribution in [0.15, 0.2) is 42.5 Å². The van der Waals surface area contributed by atoms with Gasteiger partial charge in [0.25, 0.3) is 0 Å². The molecule has 0 bridgehead atoms. The highest BCUT2D eigenvalue weighted by Gasteiger charge is 2.51. The molecule has 30 heavy (non-hydrogen) atoms. The number of piperazine rings is 1. The number of nitrogens with zero attached hydrogens (tertiary/aromatic N) is 3. The highest BCUT2D eigenvalue weighted by Crippen LogP contribution is 2.36. The molecule has 0 atom stereocenters. The first kappa shape index (κ1) is 20.7. The predicted molar refractivity (Wildman–Crippen MR) is 118 cm³/mol. The summed E-state index contributed by atoms with van der Waals surface area (Å²) in [6.45, 7) is 11.0. The second-order valence-electron chi connectivity index (χ2n) is 8.93. The third kappa shape index (κ3) is 3.78. The summed E-state index contributed by atoms with van der Waals surface area (Å²) in [6, 6.07) is 15.0. The summed E-state index contributed by atoms with van der Waals surface area (Å²) in [5.74, 6) is -0.256. The number of anilines is 2. The molecule has 0 aromatic heterocycles. The average molecular weight is 407 g/mol. The minimum absolute atomic E-state index is 0.256. The van der Waals surface area contributed by atoms with Gasteiger partial charge < -0.3 is 19.1 Å². The molecule has 2 fully saturated rings. The molecule has 156 valence electrons. The highest BCUT2D eigenvalue weighted by atomic mass is 19.1. The smallest absolute Gasteiger partial charge is 0.399 e. The molecule has 2 aliphatic rings. The summed E-state index contributed by atoms with van der Waals surface area (Å²) in [5, 5.41) is 8.94. The van der Waals surface area contributed by atoms with Crippen LogP contribution < -0.4 is 15.3 Å². The van der Waals surface area contributed by atoms with Crippen LogP contribution in [0, 0.1) is 17.1 Å². The Balaban J connectivity index is 1.43. The average Bonchev–Trinajstić information content (AvgIpc) is 2.95. The zero-order valence-corrected chi connectivity index (χ0v) is 18.0. The van der Waals surface area contributed by atoms with Crippen molar-refractivity contribution in [2.75, 3.05) is 36.0 Å². The fourth-order valence-electron chi connectivity index (χ4n) is 3.86. The van der Waals surface area contributed by atoms with Gasteiger partial charge in [-0.2, -0.15) is 5.26 Å². The molecule has 0 saturated carbocycles. The van der Waals surface area contributed by atoms with E-state index in [1.165, 1.54) is 6.07 Å². The van der Waals surface area contributed by atoms with Gasteiger partial charge in [-0.05, 0) is 69.6 Å². The molecule has 0 unspecified atom stereocenters. The molecular formula is C23H27BFN3O2. The van der Waals surface area contributed by atoms with E-state index in [0.29, 0.717) is 16.7 Å². The fraction of sp³-hybridized carbons (Fsp3) is 0.435. The van der Waals surface area contributed by atoms with Crippen molar-refractivity contribution in [3.8, 4) is 6.07 Å². The topological polar surface area (TPSA) is 48.7 Å². The van der Waals surface area contributed by atoms with Crippen LogP contribution in [0.1, 0.15) is 33.3 Å².